The van der Waals surface area contributed by atoms with Crippen molar-refractivity contribution in [3.63, 3.8) is 0 Å². The Balaban J connectivity index is 1.94. The fourth-order valence-electron chi connectivity index (χ4n) is 1.77. The zero-order valence-electron chi connectivity index (χ0n) is 11.8. The number of aryl methyl sites for hydroxylation is 1. The summed E-state index contributed by atoms with van der Waals surface area (Å²) in [5.41, 5.74) is 0.312. The van der Waals surface area contributed by atoms with Crippen LogP contribution in [-0.4, -0.2) is 28.5 Å². The molecule has 1 unspecified atom stereocenters. The summed E-state index contributed by atoms with van der Waals surface area (Å²) in [6.45, 7) is 3.92. The number of furan rings is 1. The maximum Gasteiger partial charge on any atom is 0.303 e. The molecule has 0 aliphatic heterocycles. The molecule has 0 fully saturated rings. The van der Waals surface area contributed by atoms with Crippen LogP contribution in [0.25, 0.3) is 10.8 Å². The van der Waals surface area contributed by atoms with Crippen LogP contribution in [0.15, 0.2) is 21.9 Å². The molecule has 2 aromatic rings. The molecule has 21 heavy (non-hydrogen) atoms. The first-order valence-electron chi connectivity index (χ1n) is 6.48. The molecule has 0 aromatic carbocycles. The summed E-state index contributed by atoms with van der Waals surface area (Å²) in [6, 6.07) is 3.65. The van der Waals surface area contributed by atoms with Gasteiger partial charge in [-0.15, -0.1) is 11.3 Å². The lowest BCUT2D eigenvalue weighted by Gasteiger charge is -2.08. The third-order valence-corrected chi connectivity index (χ3v) is 3.68. The van der Waals surface area contributed by atoms with E-state index >= 15 is 0 Å². The van der Waals surface area contributed by atoms with Gasteiger partial charge in [0.15, 0.2) is 10.8 Å². The van der Waals surface area contributed by atoms with Crippen LogP contribution < -0.4 is 5.32 Å². The van der Waals surface area contributed by atoms with Gasteiger partial charge in [0.25, 0.3) is 5.91 Å². The molecule has 1 amide bonds. The van der Waals surface area contributed by atoms with E-state index in [0.29, 0.717) is 23.0 Å². The lowest BCUT2D eigenvalue weighted by molar-refractivity contribution is -0.137. The quantitative estimate of drug-likeness (QED) is 0.855. The number of aromatic nitrogens is 1. The number of carbonyl (C=O) groups is 2. The molecule has 2 rings (SSSR count). The van der Waals surface area contributed by atoms with Crippen LogP contribution in [0.3, 0.4) is 0 Å². The molecule has 7 heteroatoms. The molecular formula is C14H16N2O4S. The molecule has 1 atom stereocenters. The second-order valence-electron chi connectivity index (χ2n) is 4.86. The van der Waals surface area contributed by atoms with Crippen molar-refractivity contribution >= 4 is 23.2 Å². The largest absolute Gasteiger partial charge is 0.481 e. The first kappa shape index (κ1) is 15.2. The predicted octanol–water partition coefficient (Wildman–Crippen LogP) is 2.55. The Labute approximate surface area is 125 Å². The molecule has 0 saturated carbocycles. The van der Waals surface area contributed by atoms with Crippen molar-refractivity contribution in [3.05, 3.63) is 29.0 Å². The van der Waals surface area contributed by atoms with Gasteiger partial charge in [0, 0.05) is 18.3 Å². The van der Waals surface area contributed by atoms with Crippen LogP contribution in [0.1, 0.15) is 29.6 Å². The van der Waals surface area contributed by atoms with Gasteiger partial charge in [-0.2, -0.15) is 0 Å². The van der Waals surface area contributed by atoms with Crippen molar-refractivity contribution in [2.24, 2.45) is 5.92 Å². The van der Waals surface area contributed by atoms with Gasteiger partial charge >= 0.3 is 5.97 Å². The Morgan fingerprint density at radius 1 is 1.48 bits per heavy atom. The van der Waals surface area contributed by atoms with Crippen molar-refractivity contribution in [2.45, 2.75) is 20.3 Å². The van der Waals surface area contributed by atoms with E-state index in [9.17, 15) is 9.59 Å². The Morgan fingerprint density at radius 2 is 2.24 bits per heavy atom. The van der Waals surface area contributed by atoms with E-state index in [1.54, 1.807) is 12.3 Å². The van der Waals surface area contributed by atoms with Gasteiger partial charge in [-0.05, 0) is 25.0 Å². The zero-order valence-corrected chi connectivity index (χ0v) is 12.6. The number of rotatable bonds is 6. The minimum Gasteiger partial charge on any atom is -0.481 e. The van der Waals surface area contributed by atoms with Crippen molar-refractivity contribution in [3.8, 4) is 10.8 Å². The maximum absolute atomic E-state index is 11.9. The van der Waals surface area contributed by atoms with Gasteiger partial charge in [-0.1, -0.05) is 6.92 Å². The summed E-state index contributed by atoms with van der Waals surface area (Å²) in [7, 11) is 0. The van der Waals surface area contributed by atoms with E-state index in [-0.39, 0.29) is 18.2 Å². The number of amides is 1. The van der Waals surface area contributed by atoms with E-state index < -0.39 is 5.97 Å². The fraction of sp³-hybridized carbons (Fsp3) is 0.357. The third kappa shape index (κ3) is 4.16. The van der Waals surface area contributed by atoms with Crippen LogP contribution in [-0.2, 0) is 4.79 Å². The smallest absolute Gasteiger partial charge is 0.303 e. The van der Waals surface area contributed by atoms with E-state index in [2.05, 4.69) is 10.3 Å². The second-order valence-corrected chi connectivity index (χ2v) is 5.72. The van der Waals surface area contributed by atoms with Gasteiger partial charge < -0.3 is 14.8 Å². The minimum absolute atomic E-state index is 0.0221. The van der Waals surface area contributed by atoms with Gasteiger partial charge in [-0.3, -0.25) is 9.59 Å². The number of carboxylic acids is 1. The highest BCUT2D eigenvalue weighted by Gasteiger charge is 2.15. The lowest BCUT2D eigenvalue weighted by Crippen LogP contribution is -2.29. The molecular weight excluding hydrogens is 292 g/mol. The number of hydrogen-bond donors (Lipinski definition) is 2. The normalized spacial score (nSPS) is 12.1. The molecule has 6 nitrogen and oxygen atoms in total. The van der Waals surface area contributed by atoms with E-state index in [1.165, 1.54) is 11.3 Å². The summed E-state index contributed by atoms with van der Waals surface area (Å²) in [5, 5.41) is 13.7. The molecule has 2 N–H and O–H groups in total. The highest BCUT2D eigenvalue weighted by molar-refractivity contribution is 7.13. The van der Waals surface area contributed by atoms with Crippen molar-refractivity contribution in [1.82, 2.24) is 10.3 Å². The second kappa shape index (κ2) is 6.53. The standard InChI is InChI=1S/C14H16N2O4S/c1-8(5-12(17)18)6-15-13(19)10-7-21-14(16-10)11-4-3-9(2)20-11/h3-4,7-8H,5-6H2,1-2H3,(H,15,19)(H,17,18). The molecule has 0 aliphatic rings. The van der Waals surface area contributed by atoms with Crippen molar-refractivity contribution in [1.29, 1.82) is 0 Å². The van der Waals surface area contributed by atoms with Gasteiger partial charge in [-0.25, -0.2) is 4.98 Å². The molecule has 0 aliphatic carbocycles. The first-order chi connectivity index (χ1) is 9.95. The van der Waals surface area contributed by atoms with E-state index in [0.717, 1.165) is 5.76 Å². The number of nitrogens with zero attached hydrogens (tertiary/aromatic N) is 1. The predicted molar refractivity (Wildman–Crippen MR) is 78.3 cm³/mol. The molecule has 0 bridgehead atoms. The Kier molecular flexibility index (Phi) is 4.74. The average molecular weight is 308 g/mol. The number of hydrogen-bond acceptors (Lipinski definition) is 5. The highest BCUT2D eigenvalue weighted by Crippen LogP contribution is 2.25. The van der Waals surface area contributed by atoms with Gasteiger partial charge in [0.2, 0.25) is 0 Å². The first-order valence-corrected chi connectivity index (χ1v) is 7.36. The summed E-state index contributed by atoms with van der Waals surface area (Å²) in [5.74, 6) is 0.112. The molecule has 2 heterocycles. The maximum atomic E-state index is 11.9. The van der Waals surface area contributed by atoms with Crippen LogP contribution >= 0.6 is 11.3 Å². The fourth-order valence-corrected chi connectivity index (χ4v) is 2.53. The number of carboxylic acid groups (broad SMARTS) is 1. The van der Waals surface area contributed by atoms with Gasteiger partial charge in [0.05, 0.1) is 0 Å². The van der Waals surface area contributed by atoms with Crippen LogP contribution in [0.5, 0.6) is 0 Å². The van der Waals surface area contributed by atoms with Crippen LogP contribution in [0.2, 0.25) is 0 Å². The van der Waals surface area contributed by atoms with Crippen molar-refractivity contribution in [2.75, 3.05) is 6.54 Å². The topological polar surface area (TPSA) is 92.4 Å². The van der Waals surface area contributed by atoms with E-state index in [1.807, 2.05) is 19.1 Å². The molecule has 0 spiro atoms. The summed E-state index contributed by atoms with van der Waals surface area (Å²) in [6.07, 6.45) is 0.0221. The van der Waals surface area contributed by atoms with Crippen molar-refractivity contribution < 1.29 is 19.1 Å². The number of nitrogens with one attached hydrogen (secondary N) is 1. The molecule has 0 saturated heterocycles. The number of thiazole rings is 1. The summed E-state index contributed by atoms with van der Waals surface area (Å²) < 4.78 is 5.46. The molecule has 112 valence electrons. The summed E-state index contributed by atoms with van der Waals surface area (Å²) >= 11 is 1.33. The highest BCUT2D eigenvalue weighted by atomic mass is 32.1. The zero-order chi connectivity index (χ0) is 15.4. The Bertz CT molecular complexity index is 647. The Morgan fingerprint density at radius 3 is 2.86 bits per heavy atom. The van der Waals surface area contributed by atoms with Gasteiger partial charge in [0.1, 0.15) is 11.5 Å². The number of carbonyl (C=O) groups excluding carboxylic acids is 1. The average Bonchev–Trinajstić information content (AvgIpc) is 3.03. The van der Waals surface area contributed by atoms with Crippen LogP contribution in [0.4, 0.5) is 0 Å². The number of aliphatic carboxylic acids is 1. The monoisotopic (exact) mass is 308 g/mol. The van der Waals surface area contributed by atoms with Crippen LogP contribution in [0, 0.1) is 12.8 Å². The molecule has 2 aromatic heterocycles. The minimum atomic E-state index is -0.874. The third-order valence-electron chi connectivity index (χ3n) is 2.82. The van der Waals surface area contributed by atoms with E-state index in [4.69, 9.17) is 9.52 Å². The SMILES string of the molecule is Cc1ccc(-c2nc(C(=O)NCC(C)CC(=O)O)cs2)o1. The summed E-state index contributed by atoms with van der Waals surface area (Å²) in [4.78, 5) is 26.7. The Hall–Kier alpha value is -2.15. The lowest BCUT2D eigenvalue weighted by atomic mass is 10.1. The molecule has 0 radical (unpaired) electrons.